The fourth-order valence-corrected chi connectivity index (χ4v) is 4.57. The Bertz CT molecular complexity index is 1050. The summed E-state index contributed by atoms with van der Waals surface area (Å²) in [6, 6.07) is 0.139. The first-order valence-electron chi connectivity index (χ1n) is 9.83. The number of benzene rings is 1. The quantitative estimate of drug-likeness (QED) is 0.530. The maximum Gasteiger partial charge on any atom is 0.451 e. The molecule has 1 aliphatic heterocycles. The van der Waals surface area contributed by atoms with Crippen molar-refractivity contribution in [1.82, 2.24) is 20.2 Å². The van der Waals surface area contributed by atoms with Crippen molar-refractivity contribution in [3.8, 4) is 0 Å². The third kappa shape index (κ3) is 4.36. The highest BCUT2D eigenvalue weighted by Gasteiger charge is 2.40. The Morgan fingerprint density at radius 3 is 2.50 bits per heavy atom. The third-order valence-electron chi connectivity index (χ3n) is 6.02. The second-order valence-corrected chi connectivity index (χ2v) is 7.99. The van der Waals surface area contributed by atoms with E-state index in [1.165, 1.54) is 0 Å². The van der Waals surface area contributed by atoms with Crippen LogP contribution >= 0.6 is 0 Å². The van der Waals surface area contributed by atoms with Gasteiger partial charge in [-0.15, -0.1) is 0 Å². The molecule has 1 aliphatic carbocycles. The summed E-state index contributed by atoms with van der Waals surface area (Å²) in [6.07, 6.45) is -3.94. The monoisotopic (exact) mass is 460 g/mol. The fourth-order valence-electron chi connectivity index (χ4n) is 4.57. The van der Waals surface area contributed by atoms with E-state index in [-0.39, 0.29) is 36.7 Å². The molecular formula is C20H18F6N4O2. The molecule has 1 aromatic carbocycles. The van der Waals surface area contributed by atoms with Gasteiger partial charge < -0.3 is 10.4 Å². The van der Waals surface area contributed by atoms with Gasteiger partial charge in [-0.25, -0.2) is 27.9 Å². The molecule has 2 aliphatic rings. The van der Waals surface area contributed by atoms with Crippen LogP contribution in [0.15, 0.2) is 18.3 Å². The number of amides is 1. The van der Waals surface area contributed by atoms with Gasteiger partial charge in [-0.3, -0.25) is 4.90 Å². The molecule has 2 heterocycles. The van der Waals surface area contributed by atoms with Gasteiger partial charge in [0.1, 0.15) is 5.82 Å². The Labute approximate surface area is 178 Å². The van der Waals surface area contributed by atoms with Crippen LogP contribution in [0.3, 0.4) is 0 Å². The number of halogens is 6. The van der Waals surface area contributed by atoms with Crippen LogP contribution in [0.25, 0.3) is 0 Å². The van der Waals surface area contributed by atoms with Crippen molar-refractivity contribution in [1.29, 1.82) is 0 Å². The second-order valence-electron chi connectivity index (χ2n) is 7.99. The SMILES string of the molecule is O=C(O)N[C@H]1C[C@@H](N2Cc3cnc(C(F)(F)F)nc3C2)CC[C@@H]1c1cc(F)c(F)cc1F. The van der Waals surface area contributed by atoms with Crippen molar-refractivity contribution in [3.05, 3.63) is 58.4 Å². The molecule has 172 valence electrons. The van der Waals surface area contributed by atoms with Crippen LogP contribution in [0.1, 0.15) is 47.8 Å². The number of carbonyl (C=O) groups is 1. The fraction of sp³-hybridized carbons (Fsp3) is 0.450. The molecule has 0 radical (unpaired) electrons. The zero-order chi connectivity index (χ0) is 23.2. The Morgan fingerprint density at radius 2 is 1.81 bits per heavy atom. The van der Waals surface area contributed by atoms with E-state index in [1.807, 2.05) is 4.90 Å². The van der Waals surface area contributed by atoms with Crippen molar-refractivity contribution in [2.24, 2.45) is 0 Å². The van der Waals surface area contributed by atoms with Crippen LogP contribution in [0, 0.1) is 17.5 Å². The normalized spacial score (nSPS) is 23.8. The first kappa shape index (κ1) is 22.3. The highest BCUT2D eigenvalue weighted by molar-refractivity contribution is 5.65. The largest absolute Gasteiger partial charge is 0.465 e. The lowest BCUT2D eigenvalue weighted by Crippen LogP contribution is -2.48. The zero-order valence-corrected chi connectivity index (χ0v) is 16.5. The van der Waals surface area contributed by atoms with E-state index in [0.717, 1.165) is 12.3 Å². The summed E-state index contributed by atoms with van der Waals surface area (Å²) in [7, 11) is 0. The topological polar surface area (TPSA) is 78.4 Å². The van der Waals surface area contributed by atoms with Crippen molar-refractivity contribution in [3.63, 3.8) is 0 Å². The minimum absolute atomic E-state index is 0.119. The average molecular weight is 460 g/mol. The molecule has 2 aromatic rings. The standard InChI is InChI=1S/C20H18F6N4O2/c21-13-5-15(23)14(22)4-12(13)11-2-1-10(3-16(11)29-19(31)32)30-7-9-6-27-18(20(24,25)26)28-17(9)8-30/h4-6,10-11,16,29H,1-3,7-8H2,(H,31,32)/t10-,11+,16-/m0/s1. The number of carboxylic acid groups (broad SMARTS) is 1. The van der Waals surface area contributed by atoms with Crippen LogP contribution in [-0.2, 0) is 19.3 Å². The number of nitrogens with one attached hydrogen (secondary N) is 1. The van der Waals surface area contributed by atoms with Gasteiger partial charge in [0, 0.05) is 48.9 Å². The molecule has 0 spiro atoms. The van der Waals surface area contributed by atoms with E-state index in [0.29, 0.717) is 24.6 Å². The number of nitrogens with zero attached hydrogens (tertiary/aromatic N) is 3. The summed E-state index contributed by atoms with van der Waals surface area (Å²) >= 11 is 0. The predicted molar refractivity (Wildman–Crippen MR) is 97.9 cm³/mol. The van der Waals surface area contributed by atoms with Crippen molar-refractivity contribution < 1.29 is 36.2 Å². The average Bonchev–Trinajstić information content (AvgIpc) is 3.13. The molecular weight excluding hydrogens is 442 g/mol. The molecule has 3 atom stereocenters. The number of alkyl halides is 3. The van der Waals surface area contributed by atoms with E-state index >= 15 is 0 Å². The highest BCUT2D eigenvalue weighted by Crippen LogP contribution is 2.39. The minimum atomic E-state index is -4.66. The summed E-state index contributed by atoms with van der Waals surface area (Å²) in [5.41, 5.74) is 0.685. The second kappa shape index (κ2) is 8.23. The zero-order valence-electron chi connectivity index (χ0n) is 16.5. The van der Waals surface area contributed by atoms with E-state index in [2.05, 4.69) is 15.3 Å². The lowest BCUT2D eigenvalue weighted by atomic mass is 9.77. The molecule has 6 nitrogen and oxygen atoms in total. The number of hydrogen-bond acceptors (Lipinski definition) is 4. The molecule has 32 heavy (non-hydrogen) atoms. The lowest BCUT2D eigenvalue weighted by molar-refractivity contribution is -0.145. The molecule has 0 unspecified atom stereocenters. The van der Waals surface area contributed by atoms with Crippen LogP contribution in [0.4, 0.5) is 31.1 Å². The van der Waals surface area contributed by atoms with Crippen LogP contribution in [0.5, 0.6) is 0 Å². The third-order valence-corrected chi connectivity index (χ3v) is 6.02. The summed E-state index contributed by atoms with van der Waals surface area (Å²) in [5.74, 6) is -5.48. The molecule has 1 amide bonds. The molecule has 2 N–H and O–H groups in total. The molecule has 1 saturated carbocycles. The maximum atomic E-state index is 14.3. The van der Waals surface area contributed by atoms with E-state index in [9.17, 15) is 36.2 Å². The molecule has 12 heteroatoms. The first-order chi connectivity index (χ1) is 15.0. The van der Waals surface area contributed by atoms with Crippen molar-refractivity contribution in [2.75, 3.05) is 0 Å². The summed E-state index contributed by atoms with van der Waals surface area (Å²) < 4.78 is 80.0. The lowest BCUT2D eigenvalue weighted by Gasteiger charge is -2.40. The predicted octanol–water partition coefficient (Wildman–Crippen LogP) is 4.20. The number of aromatic nitrogens is 2. The van der Waals surface area contributed by atoms with Gasteiger partial charge >= 0.3 is 12.3 Å². The van der Waals surface area contributed by atoms with Gasteiger partial charge in [-0.2, -0.15) is 13.2 Å². The Hall–Kier alpha value is -2.89. The maximum absolute atomic E-state index is 14.3. The number of hydrogen-bond donors (Lipinski definition) is 2. The molecule has 0 bridgehead atoms. The number of fused-ring (bicyclic) bond motifs is 1. The first-order valence-corrected chi connectivity index (χ1v) is 9.83. The van der Waals surface area contributed by atoms with Crippen LogP contribution in [-0.4, -0.2) is 38.2 Å². The van der Waals surface area contributed by atoms with E-state index < -0.39 is 47.5 Å². The van der Waals surface area contributed by atoms with Crippen molar-refractivity contribution >= 4 is 6.09 Å². The molecule has 1 fully saturated rings. The number of rotatable bonds is 3. The smallest absolute Gasteiger partial charge is 0.451 e. The van der Waals surface area contributed by atoms with Crippen molar-refractivity contribution in [2.45, 2.75) is 56.5 Å². The molecule has 1 aromatic heterocycles. The van der Waals surface area contributed by atoms with Gasteiger partial charge in [-0.1, -0.05) is 0 Å². The van der Waals surface area contributed by atoms with E-state index in [1.54, 1.807) is 0 Å². The van der Waals surface area contributed by atoms with Gasteiger partial charge in [0.25, 0.3) is 0 Å². The highest BCUT2D eigenvalue weighted by atomic mass is 19.4. The summed E-state index contributed by atoms with van der Waals surface area (Å²) in [4.78, 5) is 20.2. The Balaban J connectivity index is 1.53. The van der Waals surface area contributed by atoms with Gasteiger partial charge in [0.05, 0.1) is 5.69 Å². The van der Waals surface area contributed by atoms with Gasteiger partial charge in [-0.05, 0) is 30.9 Å². The van der Waals surface area contributed by atoms with Crippen LogP contribution < -0.4 is 5.32 Å². The minimum Gasteiger partial charge on any atom is -0.465 e. The van der Waals surface area contributed by atoms with Gasteiger partial charge in [0.15, 0.2) is 11.6 Å². The summed E-state index contributed by atoms with van der Waals surface area (Å²) in [6.45, 7) is 0.428. The Kier molecular flexibility index (Phi) is 5.74. The van der Waals surface area contributed by atoms with Gasteiger partial charge in [0.2, 0.25) is 5.82 Å². The van der Waals surface area contributed by atoms with E-state index in [4.69, 9.17) is 0 Å². The molecule has 4 rings (SSSR count). The Morgan fingerprint density at radius 1 is 1.09 bits per heavy atom. The molecule has 0 saturated heterocycles. The van der Waals surface area contributed by atoms with Crippen LogP contribution in [0.2, 0.25) is 0 Å². The summed E-state index contributed by atoms with van der Waals surface area (Å²) in [5, 5.41) is 11.5.